The number of halogens is 2. The number of aliphatic hydroxyl groups excluding tert-OH is 1. The Balaban J connectivity index is 1.50. The van der Waals surface area contributed by atoms with Gasteiger partial charge in [0.05, 0.1) is 35.2 Å². The van der Waals surface area contributed by atoms with Crippen molar-refractivity contribution in [3.8, 4) is 17.1 Å². The molecule has 5 rings (SSSR count). The minimum atomic E-state index is -2.67. The van der Waals surface area contributed by atoms with Crippen LogP contribution in [0.3, 0.4) is 0 Å². The Morgan fingerprint density at radius 1 is 1.05 bits per heavy atom. The van der Waals surface area contributed by atoms with Crippen molar-refractivity contribution >= 4 is 22.3 Å². The van der Waals surface area contributed by atoms with E-state index in [1.165, 1.54) is 12.1 Å². The van der Waals surface area contributed by atoms with E-state index in [2.05, 4.69) is 14.8 Å². The lowest BCUT2D eigenvalue weighted by Gasteiger charge is -2.38. The van der Waals surface area contributed by atoms with Crippen molar-refractivity contribution in [2.45, 2.75) is 56.9 Å². The third-order valence-corrected chi connectivity index (χ3v) is 8.14. The number of nitrogens with one attached hydrogen (secondary N) is 1. The van der Waals surface area contributed by atoms with Crippen LogP contribution in [0, 0.1) is 5.92 Å². The zero-order valence-corrected chi connectivity index (χ0v) is 21.6. The molecule has 0 aliphatic heterocycles. The highest BCUT2D eigenvalue weighted by Crippen LogP contribution is 2.39. The first-order valence-corrected chi connectivity index (χ1v) is 13.3. The molecule has 0 spiro atoms. The Kier molecular flexibility index (Phi) is 7.01. The zero-order chi connectivity index (χ0) is 26.3. The van der Waals surface area contributed by atoms with Crippen LogP contribution in [0.5, 0.6) is 0 Å². The lowest BCUT2D eigenvalue weighted by molar-refractivity contribution is 0.0273. The summed E-state index contributed by atoms with van der Waals surface area (Å²) in [5.74, 6) is 0.435. The molecule has 10 heteroatoms. The second-order valence-electron chi connectivity index (χ2n) is 10.4. The quantitative estimate of drug-likeness (QED) is 0.319. The molecule has 1 aromatic carbocycles. The van der Waals surface area contributed by atoms with Crippen molar-refractivity contribution in [3.05, 3.63) is 72.2 Å². The largest absolute Gasteiger partial charge is 0.598 e. The van der Waals surface area contributed by atoms with Gasteiger partial charge in [-0.3, -0.25) is 4.98 Å². The summed E-state index contributed by atoms with van der Waals surface area (Å²) in [4.78, 5) is 8.98. The van der Waals surface area contributed by atoms with Gasteiger partial charge in [-0.1, -0.05) is 24.3 Å². The molecular formula is C27H29F2N5O2S. The molecule has 1 saturated carbocycles. The van der Waals surface area contributed by atoms with Crippen LogP contribution >= 0.6 is 0 Å². The third kappa shape index (κ3) is 5.38. The molecule has 0 bridgehead atoms. The fourth-order valence-electron chi connectivity index (χ4n) is 4.42. The SMILES string of the molecule is CC(C)(C)[S@@+]([O-])NC(c1cccc(-c2ccc3cnn(-c4cccc(C(F)F)n4)c3c2)n1)[C@H]1C[C@@H](O)C1. The van der Waals surface area contributed by atoms with Crippen molar-refractivity contribution in [2.24, 2.45) is 5.92 Å². The van der Waals surface area contributed by atoms with Crippen LogP contribution in [0.25, 0.3) is 28.0 Å². The second kappa shape index (κ2) is 10.1. The van der Waals surface area contributed by atoms with Gasteiger partial charge in [0.25, 0.3) is 6.43 Å². The molecule has 2 atom stereocenters. The molecule has 1 unspecified atom stereocenters. The van der Waals surface area contributed by atoms with E-state index in [9.17, 15) is 18.4 Å². The number of aliphatic hydroxyl groups is 1. The lowest BCUT2D eigenvalue weighted by atomic mass is 9.76. The molecular weight excluding hydrogens is 496 g/mol. The molecule has 3 aromatic heterocycles. The molecule has 1 aliphatic carbocycles. The van der Waals surface area contributed by atoms with Crippen molar-refractivity contribution in [3.63, 3.8) is 0 Å². The predicted molar refractivity (Wildman–Crippen MR) is 140 cm³/mol. The second-order valence-corrected chi connectivity index (χ2v) is 12.4. The first-order valence-electron chi connectivity index (χ1n) is 12.2. The average molecular weight is 526 g/mol. The summed E-state index contributed by atoms with van der Waals surface area (Å²) < 4.78 is 43.7. The van der Waals surface area contributed by atoms with Gasteiger partial charge in [0.2, 0.25) is 0 Å². The number of hydrogen-bond acceptors (Lipinski definition) is 6. The van der Waals surface area contributed by atoms with Crippen molar-refractivity contribution in [1.29, 1.82) is 0 Å². The Hall–Kier alpha value is -2.92. The maximum atomic E-state index is 13.2. The molecule has 0 radical (unpaired) electrons. The average Bonchev–Trinajstić information content (AvgIpc) is 3.28. The maximum absolute atomic E-state index is 13.2. The Morgan fingerprint density at radius 2 is 1.78 bits per heavy atom. The molecule has 1 aliphatic rings. The Labute approximate surface area is 217 Å². The van der Waals surface area contributed by atoms with E-state index in [0.717, 1.165) is 22.3 Å². The van der Waals surface area contributed by atoms with E-state index >= 15 is 0 Å². The van der Waals surface area contributed by atoms with Crippen molar-refractivity contribution in [1.82, 2.24) is 24.5 Å². The molecule has 194 valence electrons. The van der Waals surface area contributed by atoms with E-state index in [-0.39, 0.29) is 23.8 Å². The molecule has 7 nitrogen and oxygen atoms in total. The normalized spacial score (nSPS) is 19.7. The zero-order valence-electron chi connectivity index (χ0n) is 20.8. The summed E-state index contributed by atoms with van der Waals surface area (Å²) in [5.41, 5.74) is 2.71. The Morgan fingerprint density at radius 3 is 2.49 bits per heavy atom. The number of fused-ring (bicyclic) bond motifs is 1. The van der Waals surface area contributed by atoms with E-state index in [4.69, 9.17) is 4.98 Å². The van der Waals surface area contributed by atoms with E-state index in [1.807, 2.05) is 57.2 Å². The molecule has 4 aromatic rings. The van der Waals surface area contributed by atoms with Crippen molar-refractivity contribution < 1.29 is 18.4 Å². The highest BCUT2D eigenvalue weighted by Gasteiger charge is 2.40. The van der Waals surface area contributed by atoms with Crippen LogP contribution in [-0.4, -0.2) is 40.3 Å². The van der Waals surface area contributed by atoms with Crippen LogP contribution in [0.2, 0.25) is 0 Å². The minimum Gasteiger partial charge on any atom is -0.598 e. The molecule has 2 N–H and O–H groups in total. The molecule has 3 heterocycles. The molecule has 0 saturated heterocycles. The smallest absolute Gasteiger partial charge is 0.280 e. The van der Waals surface area contributed by atoms with Crippen LogP contribution in [0.15, 0.2) is 60.8 Å². The number of benzene rings is 1. The molecule has 37 heavy (non-hydrogen) atoms. The summed E-state index contributed by atoms with van der Waals surface area (Å²) in [6.07, 6.45) is -0.0964. The number of rotatable bonds is 7. The van der Waals surface area contributed by atoms with Crippen LogP contribution in [0.1, 0.15) is 57.5 Å². The minimum absolute atomic E-state index is 0.126. The van der Waals surface area contributed by atoms with Gasteiger partial charge in [-0.05, 0) is 69.9 Å². The van der Waals surface area contributed by atoms with Gasteiger partial charge in [-0.2, -0.15) is 5.10 Å². The van der Waals surface area contributed by atoms with Crippen molar-refractivity contribution in [2.75, 3.05) is 0 Å². The van der Waals surface area contributed by atoms with Gasteiger partial charge < -0.3 is 9.66 Å². The van der Waals surface area contributed by atoms with Gasteiger partial charge >= 0.3 is 0 Å². The summed E-state index contributed by atoms with van der Waals surface area (Å²) in [7, 11) is 0. The van der Waals surface area contributed by atoms with E-state index in [0.29, 0.717) is 24.2 Å². The van der Waals surface area contributed by atoms with Crippen LogP contribution < -0.4 is 4.72 Å². The van der Waals surface area contributed by atoms with E-state index < -0.39 is 22.5 Å². The maximum Gasteiger partial charge on any atom is 0.280 e. The highest BCUT2D eigenvalue weighted by atomic mass is 32.2. The molecule has 1 fully saturated rings. The fourth-order valence-corrected chi connectivity index (χ4v) is 5.31. The molecule has 0 amide bonds. The van der Waals surface area contributed by atoms with Gasteiger partial charge in [0, 0.05) is 22.3 Å². The van der Waals surface area contributed by atoms with Gasteiger partial charge in [-0.15, -0.1) is 4.72 Å². The standard InChI is InChI=1S/C27H29F2N5O2S/c1-27(2,3)37(36)33-25(18-12-19(35)13-18)21-7-4-6-20(31-21)16-10-11-17-15-30-34(23(17)14-16)24-9-5-8-22(32-24)26(28)29/h4-11,14-15,18-19,25-26,33,35H,12-13H2,1-3H3/t18-,19+,25?,37-/m1/s1. The summed E-state index contributed by atoms with van der Waals surface area (Å²) in [6, 6.07) is 15.7. The monoisotopic (exact) mass is 525 g/mol. The van der Waals surface area contributed by atoms with Crippen LogP contribution in [0.4, 0.5) is 8.78 Å². The third-order valence-electron chi connectivity index (χ3n) is 6.56. The lowest BCUT2D eigenvalue weighted by Crippen LogP contribution is -2.46. The predicted octanol–water partition coefficient (Wildman–Crippen LogP) is 5.28. The number of pyridine rings is 2. The fraction of sp³-hybridized carbons (Fsp3) is 0.370. The highest BCUT2D eigenvalue weighted by molar-refractivity contribution is 7.90. The number of alkyl halides is 2. The Bertz CT molecular complexity index is 1400. The summed E-state index contributed by atoms with van der Waals surface area (Å²) in [6.45, 7) is 5.74. The number of aromatic nitrogens is 4. The first-order chi connectivity index (χ1) is 17.6. The number of nitrogens with zero attached hydrogens (tertiary/aromatic N) is 4. The number of hydrogen-bond donors (Lipinski definition) is 2. The van der Waals surface area contributed by atoms with Gasteiger partial charge in [0.1, 0.15) is 10.4 Å². The van der Waals surface area contributed by atoms with Crippen LogP contribution in [-0.2, 0) is 11.4 Å². The first kappa shape index (κ1) is 25.7. The van der Waals surface area contributed by atoms with Gasteiger partial charge in [0.15, 0.2) is 5.82 Å². The van der Waals surface area contributed by atoms with Gasteiger partial charge in [-0.25, -0.2) is 18.4 Å². The van der Waals surface area contributed by atoms with E-state index in [1.54, 1.807) is 16.9 Å². The summed E-state index contributed by atoms with van der Waals surface area (Å²) in [5, 5.41) is 15.1. The summed E-state index contributed by atoms with van der Waals surface area (Å²) >= 11 is -1.31. The topological polar surface area (TPSA) is 98.9 Å².